The van der Waals surface area contributed by atoms with Gasteiger partial charge in [-0.1, -0.05) is 48.5 Å². The number of rotatable bonds is 7. The first kappa shape index (κ1) is 22.4. The van der Waals surface area contributed by atoms with Crippen molar-refractivity contribution in [3.05, 3.63) is 59.7 Å². The molecule has 0 radical (unpaired) electrons. The minimum absolute atomic E-state index is 0.0230. The molecule has 7 heteroatoms. The molecule has 2 fully saturated rings. The lowest BCUT2D eigenvalue weighted by Crippen LogP contribution is -2.50. The summed E-state index contributed by atoms with van der Waals surface area (Å²) in [5.74, 6) is -0.412. The quantitative estimate of drug-likeness (QED) is 0.579. The van der Waals surface area contributed by atoms with Crippen molar-refractivity contribution in [1.82, 2.24) is 10.6 Å². The minimum Gasteiger partial charge on any atom is -0.481 e. The highest BCUT2D eigenvalue weighted by atomic mass is 16.5. The highest BCUT2D eigenvalue weighted by Gasteiger charge is 2.50. The molecule has 2 aromatic carbocycles. The molecule has 0 aliphatic heterocycles. The van der Waals surface area contributed by atoms with Crippen molar-refractivity contribution in [2.45, 2.75) is 50.6 Å². The van der Waals surface area contributed by atoms with Crippen LogP contribution in [0.25, 0.3) is 11.1 Å². The maximum Gasteiger partial charge on any atom is 0.407 e. The topological polar surface area (TPSA) is 105 Å². The lowest BCUT2D eigenvalue weighted by atomic mass is 9.71. The number of amides is 2. The van der Waals surface area contributed by atoms with E-state index in [2.05, 4.69) is 34.9 Å². The molecular weight excluding hydrogens is 432 g/mol. The van der Waals surface area contributed by atoms with Crippen LogP contribution in [0.3, 0.4) is 0 Å². The number of carbonyl (C=O) groups is 3. The molecule has 0 bridgehead atoms. The smallest absolute Gasteiger partial charge is 0.407 e. The van der Waals surface area contributed by atoms with Gasteiger partial charge in [0.05, 0.1) is 6.42 Å². The van der Waals surface area contributed by atoms with Crippen LogP contribution in [-0.2, 0) is 14.3 Å². The van der Waals surface area contributed by atoms with Crippen LogP contribution < -0.4 is 10.6 Å². The van der Waals surface area contributed by atoms with E-state index < -0.39 is 18.1 Å². The van der Waals surface area contributed by atoms with Crippen molar-refractivity contribution in [3.8, 4) is 11.1 Å². The number of benzene rings is 2. The predicted molar refractivity (Wildman–Crippen MR) is 126 cm³/mol. The van der Waals surface area contributed by atoms with Gasteiger partial charge in [-0.15, -0.1) is 0 Å². The fourth-order valence-electron chi connectivity index (χ4n) is 6.07. The van der Waals surface area contributed by atoms with Gasteiger partial charge in [-0.2, -0.15) is 0 Å². The van der Waals surface area contributed by atoms with Crippen LogP contribution in [0.2, 0.25) is 0 Å². The molecule has 2 saturated carbocycles. The van der Waals surface area contributed by atoms with E-state index in [9.17, 15) is 14.4 Å². The molecule has 2 aromatic rings. The molecule has 3 aliphatic rings. The van der Waals surface area contributed by atoms with Gasteiger partial charge in [0.25, 0.3) is 0 Å². The number of aliphatic carboxylic acids is 1. The maximum atomic E-state index is 12.6. The Morgan fingerprint density at radius 2 is 1.65 bits per heavy atom. The first-order valence-corrected chi connectivity index (χ1v) is 12.0. The average Bonchev–Trinajstić information content (AvgIpc) is 3.31. The standard InChI is InChI=1S/C27H30N2O5/c1-15(10-25(30)31)28-26(32)17-11-16-13-24(22(16)12-17)29-27(33)34-14-23-20-8-4-2-6-18(20)19-7-3-5-9-21(19)23/h2-9,15-17,22-24H,10-14H2,1H3,(H,28,32)(H,29,33)(H,30,31)/t15-,16+,17?,22+,24-/m0/s1. The Kier molecular flexibility index (Phi) is 6.02. The number of hydrogen-bond donors (Lipinski definition) is 3. The predicted octanol–water partition coefficient (Wildman–Crippen LogP) is 3.92. The van der Waals surface area contributed by atoms with Crippen LogP contribution in [-0.4, -0.2) is 41.8 Å². The van der Waals surface area contributed by atoms with Crippen molar-refractivity contribution >= 4 is 18.0 Å². The van der Waals surface area contributed by atoms with Crippen molar-refractivity contribution < 1.29 is 24.2 Å². The van der Waals surface area contributed by atoms with E-state index in [1.165, 1.54) is 22.3 Å². The van der Waals surface area contributed by atoms with Crippen LogP contribution in [0.1, 0.15) is 49.7 Å². The lowest BCUT2D eigenvalue weighted by molar-refractivity contribution is -0.137. The average molecular weight is 463 g/mol. The Morgan fingerprint density at radius 1 is 1.00 bits per heavy atom. The largest absolute Gasteiger partial charge is 0.481 e. The Balaban J connectivity index is 1.13. The molecule has 5 rings (SSSR count). The number of carboxylic acids is 1. The Hall–Kier alpha value is -3.35. The van der Waals surface area contributed by atoms with Gasteiger partial charge in [0, 0.05) is 23.9 Å². The summed E-state index contributed by atoms with van der Waals surface area (Å²) < 4.78 is 5.67. The molecule has 1 unspecified atom stereocenters. The molecule has 34 heavy (non-hydrogen) atoms. The van der Waals surface area contributed by atoms with Crippen molar-refractivity contribution in [2.75, 3.05) is 6.61 Å². The Bertz CT molecular complexity index is 1070. The number of nitrogens with one attached hydrogen (secondary N) is 2. The lowest BCUT2D eigenvalue weighted by Gasteiger charge is -2.40. The monoisotopic (exact) mass is 462 g/mol. The number of alkyl carbamates (subject to hydrolysis) is 1. The van der Waals surface area contributed by atoms with Gasteiger partial charge in [0.2, 0.25) is 5.91 Å². The SMILES string of the molecule is C[C@@H](CC(=O)O)NC(=O)C1C[C@@H]2C[C@H](NC(=O)OCC3c4ccccc4-c4ccccc43)[C@@H]2C1. The van der Waals surface area contributed by atoms with E-state index in [1.54, 1.807) is 6.92 Å². The molecule has 3 aliphatic carbocycles. The second kappa shape index (κ2) is 9.12. The van der Waals surface area contributed by atoms with Crippen LogP contribution in [0.4, 0.5) is 4.79 Å². The third-order valence-electron chi connectivity index (χ3n) is 7.71. The van der Waals surface area contributed by atoms with E-state index in [-0.39, 0.29) is 42.7 Å². The molecule has 0 saturated heterocycles. The maximum absolute atomic E-state index is 12.6. The highest BCUT2D eigenvalue weighted by Crippen LogP contribution is 2.50. The van der Waals surface area contributed by atoms with E-state index in [4.69, 9.17) is 9.84 Å². The first-order chi connectivity index (χ1) is 16.4. The molecule has 3 N–H and O–H groups in total. The molecule has 2 amide bonds. The molecule has 0 heterocycles. The van der Waals surface area contributed by atoms with Crippen molar-refractivity contribution in [2.24, 2.45) is 17.8 Å². The Labute approximate surface area is 198 Å². The van der Waals surface area contributed by atoms with Gasteiger partial charge in [-0.3, -0.25) is 9.59 Å². The van der Waals surface area contributed by atoms with Gasteiger partial charge >= 0.3 is 12.1 Å². The number of hydrogen-bond acceptors (Lipinski definition) is 4. The van der Waals surface area contributed by atoms with Crippen LogP contribution >= 0.6 is 0 Å². The van der Waals surface area contributed by atoms with Crippen LogP contribution in [0.5, 0.6) is 0 Å². The van der Waals surface area contributed by atoms with E-state index in [1.807, 2.05) is 24.3 Å². The summed E-state index contributed by atoms with van der Waals surface area (Å²) in [4.78, 5) is 36.0. The van der Waals surface area contributed by atoms with Crippen molar-refractivity contribution in [1.29, 1.82) is 0 Å². The second-order valence-electron chi connectivity index (χ2n) is 9.91. The Morgan fingerprint density at radius 3 is 2.29 bits per heavy atom. The zero-order valence-corrected chi connectivity index (χ0v) is 19.2. The summed E-state index contributed by atoms with van der Waals surface area (Å²) in [6.07, 6.45) is 1.86. The first-order valence-electron chi connectivity index (χ1n) is 12.0. The summed E-state index contributed by atoms with van der Waals surface area (Å²) >= 11 is 0. The number of carbonyl (C=O) groups excluding carboxylic acids is 2. The van der Waals surface area contributed by atoms with Gasteiger partial charge in [-0.25, -0.2) is 4.79 Å². The molecule has 0 spiro atoms. The fraction of sp³-hybridized carbons (Fsp3) is 0.444. The number of ether oxygens (including phenoxy) is 1. The third-order valence-corrected chi connectivity index (χ3v) is 7.71. The third kappa shape index (κ3) is 4.27. The van der Waals surface area contributed by atoms with Crippen LogP contribution in [0.15, 0.2) is 48.5 Å². The molecule has 7 nitrogen and oxygen atoms in total. The van der Waals surface area contributed by atoms with E-state index in [0.29, 0.717) is 12.3 Å². The van der Waals surface area contributed by atoms with Crippen molar-refractivity contribution in [3.63, 3.8) is 0 Å². The summed E-state index contributed by atoms with van der Waals surface area (Å²) in [5, 5.41) is 14.7. The summed E-state index contributed by atoms with van der Waals surface area (Å²) in [7, 11) is 0. The van der Waals surface area contributed by atoms with Gasteiger partial charge in [0.15, 0.2) is 0 Å². The minimum atomic E-state index is -0.924. The second-order valence-corrected chi connectivity index (χ2v) is 9.91. The fourth-order valence-corrected chi connectivity index (χ4v) is 6.07. The van der Waals surface area contributed by atoms with Gasteiger partial charge < -0.3 is 20.5 Å². The molecular formula is C27H30N2O5. The molecule has 0 aromatic heterocycles. The molecule has 178 valence electrons. The molecule has 5 atom stereocenters. The van der Waals surface area contributed by atoms with E-state index >= 15 is 0 Å². The number of fused-ring (bicyclic) bond motifs is 4. The zero-order chi connectivity index (χ0) is 23.8. The zero-order valence-electron chi connectivity index (χ0n) is 19.2. The van der Waals surface area contributed by atoms with E-state index in [0.717, 1.165) is 12.8 Å². The number of carboxylic acid groups (broad SMARTS) is 1. The van der Waals surface area contributed by atoms with Crippen LogP contribution in [0, 0.1) is 17.8 Å². The normalized spacial score (nSPS) is 25.3. The highest BCUT2D eigenvalue weighted by molar-refractivity contribution is 5.80. The van der Waals surface area contributed by atoms with Gasteiger partial charge in [-0.05, 0) is 60.3 Å². The summed E-state index contributed by atoms with van der Waals surface area (Å²) in [5.41, 5.74) is 4.76. The summed E-state index contributed by atoms with van der Waals surface area (Å²) in [6.45, 7) is 1.99. The summed E-state index contributed by atoms with van der Waals surface area (Å²) in [6, 6.07) is 16.1. The van der Waals surface area contributed by atoms with Gasteiger partial charge in [0.1, 0.15) is 6.61 Å².